The predicted octanol–water partition coefficient (Wildman–Crippen LogP) is 5.35. The fourth-order valence-electron chi connectivity index (χ4n) is 4.18. The number of nitrogens with one attached hydrogen (secondary N) is 2. The Balaban J connectivity index is 1.51. The normalized spacial score (nSPS) is 16.7. The second kappa shape index (κ2) is 8.81. The average Bonchev–Trinajstić information content (AvgIpc) is 2.96. The van der Waals surface area contributed by atoms with E-state index in [9.17, 15) is 5.11 Å². The van der Waals surface area contributed by atoms with E-state index in [2.05, 4.69) is 73.0 Å². The molecule has 0 amide bonds. The summed E-state index contributed by atoms with van der Waals surface area (Å²) in [5.74, 6) is 0.361. The third-order valence-corrected chi connectivity index (χ3v) is 6.42. The van der Waals surface area contributed by atoms with Crippen molar-refractivity contribution in [1.82, 2.24) is 10.6 Å². The number of benzene rings is 3. The van der Waals surface area contributed by atoms with Gasteiger partial charge < -0.3 is 15.7 Å². The van der Waals surface area contributed by atoms with Gasteiger partial charge in [0.1, 0.15) is 5.75 Å². The smallest absolute Gasteiger partial charge is 0.134 e. The average molecular weight is 421 g/mol. The zero-order valence-electron chi connectivity index (χ0n) is 17.6. The van der Waals surface area contributed by atoms with E-state index in [4.69, 9.17) is 11.6 Å². The zero-order valence-corrected chi connectivity index (χ0v) is 18.3. The molecular formula is C26H29ClN2O. The molecule has 156 valence electrons. The van der Waals surface area contributed by atoms with Crippen LogP contribution in [0.5, 0.6) is 5.75 Å². The molecule has 0 bridgehead atoms. The minimum atomic E-state index is -0.0964. The summed E-state index contributed by atoms with van der Waals surface area (Å²) in [4.78, 5) is 0. The minimum Gasteiger partial charge on any atom is -0.506 e. The molecule has 0 aliphatic carbocycles. The van der Waals surface area contributed by atoms with Crippen molar-refractivity contribution in [3.8, 4) is 5.75 Å². The Kier molecular flexibility index (Phi) is 6.14. The van der Waals surface area contributed by atoms with E-state index in [0.717, 1.165) is 31.6 Å². The number of hydrogen-bond donors (Lipinski definition) is 3. The summed E-state index contributed by atoms with van der Waals surface area (Å²) in [5, 5.41) is 17.8. The molecule has 0 saturated heterocycles. The Labute approximate surface area is 184 Å². The van der Waals surface area contributed by atoms with Crippen molar-refractivity contribution in [1.29, 1.82) is 0 Å². The fraction of sp³-hybridized carbons (Fsp3) is 0.308. The number of phenolic OH excluding ortho intramolecular Hbond substituents is 1. The van der Waals surface area contributed by atoms with Crippen molar-refractivity contribution in [2.45, 2.75) is 38.3 Å². The second-order valence-electron chi connectivity index (χ2n) is 8.60. The molecule has 4 heteroatoms. The second-order valence-corrected chi connectivity index (χ2v) is 9.00. The summed E-state index contributed by atoms with van der Waals surface area (Å²) in [5.41, 5.74) is 6.06. The summed E-state index contributed by atoms with van der Waals surface area (Å²) in [6.45, 7) is 7.00. The third kappa shape index (κ3) is 4.54. The topological polar surface area (TPSA) is 44.3 Å². The SMILES string of the molecule is CC(C)(NCc1ccc([C@H]2CNCCc3cc(Cl)c(O)cc32)cc1)c1ccccc1. The quantitative estimate of drug-likeness (QED) is 0.521. The monoisotopic (exact) mass is 420 g/mol. The van der Waals surface area contributed by atoms with Crippen LogP contribution in [0.1, 0.15) is 47.6 Å². The summed E-state index contributed by atoms with van der Waals surface area (Å²) in [6.07, 6.45) is 0.919. The number of phenols is 1. The van der Waals surface area contributed by atoms with E-state index in [0.29, 0.717) is 5.02 Å². The van der Waals surface area contributed by atoms with Crippen molar-refractivity contribution in [2.75, 3.05) is 13.1 Å². The maximum atomic E-state index is 10.2. The van der Waals surface area contributed by atoms with Gasteiger partial charge in [0.25, 0.3) is 0 Å². The van der Waals surface area contributed by atoms with E-state index >= 15 is 0 Å². The molecular weight excluding hydrogens is 392 g/mol. The van der Waals surface area contributed by atoms with Crippen molar-refractivity contribution >= 4 is 11.6 Å². The zero-order chi connectivity index (χ0) is 21.1. The molecule has 3 aromatic rings. The molecule has 0 unspecified atom stereocenters. The molecule has 3 nitrogen and oxygen atoms in total. The Hall–Kier alpha value is -2.33. The molecule has 0 fully saturated rings. The van der Waals surface area contributed by atoms with Crippen LogP contribution in [0.4, 0.5) is 0 Å². The summed E-state index contributed by atoms with van der Waals surface area (Å²) >= 11 is 6.15. The van der Waals surface area contributed by atoms with Crippen molar-refractivity contribution in [2.24, 2.45) is 0 Å². The van der Waals surface area contributed by atoms with E-state index in [1.54, 1.807) is 0 Å². The van der Waals surface area contributed by atoms with Crippen LogP contribution in [-0.4, -0.2) is 18.2 Å². The molecule has 0 saturated carbocycles. The predicted molar refractivity (Wildman–Crippen MR) is 124 cm³/mol. The van der Waals surface area contributed by atoms with Crippen LogP contribution < -0.4 is 10.6 Å². The Bertz CT molecular complexity index is 1000. The Morgan fingerprint density at radius 2 is 1.80 bits per heavy atom. The number of hydrogen-bond acceptors (Lipinski definition) is 3. The lowest BCUT2D eigenvalue weighted by Gasteiger charge is -2.27. The van der Waals surface area contributed by atoms with Crippen LogP contribution in [-0.2, 0) is 18.5 Å². The molecule has 30 heavy (non-hydrogen) atoms. The van der Waals surface area contributed by atoms with Gasteiger partial charge in [0, 0.05) is 24.5 Å². The van der Waals surface area contributed by atoms with Gasteiger partial charge in [-0.3, -0.25) is 0 Å². The fourth-order valence-corrected chi connectivity index (χ4v) is 4.37. The van der Waals surface area contributed by atoms with E-state index in [-0.39, 0.29) is 17.2 Å². The highest BCUT2D eigenvalue weighted by molar-refractivity contribution is 6.32. The first-order valence-corrected chi connectivity index (χ1v) is 10.9. The van der Waals surface area contributed by atoms with Crippen LogP contribution in [0, 0.1) is 0 Å². The van der Waals surface area contributed by atoms with Gasteiger partial charge in [-0.1, -0.05) is 66.2 Å². The first-order chi connectivity index (χ1) is 14.4. The highest BCUT2D eigenvalue weighted by Gasteiger charge is 2.22. The molecule has 1 aliphatic heterocycles. The summed E-state index contributed by atoms with van der Waals surface area (Å²) in [7, 11) is 0. The van der Waals surface area contributed by atoms with Gasteiger partial charge in [-0.05, 0) is 66.8 Å². The molecule has 4 rings (SSSR count). The van der Waals surface area contributed by atoms with Gasteiger partial charge in [0.2, 0.25) is 0 Å². The van der Waals surface area contributed by atoms with Gasteiger partial charge in [-0.25, -0.2) is 0 Å². The maximum Gasteiger partial charge on any atom is 0.134 e. The van der Waals surface area contributed by atoms with Crippen LogP contribution in [0.25, 0.3) is 0 Å². The number of halogens is 1. The van der Waals surface area contributed by atoms with Crippen molar-refractivity contribution in [3.63, 3.8) is 0 Å². The van der Waals surface area contributed by atoms with Gasteiger partial charge >= 0.3 is 0 Å². The molecule has 1 atom stereocenters. The van der Waals surface area contributed by atoms with Crippen LogP contribution in [0.15, 0.2) is 66.7 Å². The minimum absolute atomic E-state index is 0.0964. The molecule has 0 spiro atoms. The van der Waals surface area contributed by atoms with Crippen molar-refractivity contribution < 1.29 is 5.11 Å². The number of fused-ring (bicyclic) bond motifs is 1. The van der Waals surface area contributed by atoms with Crippen LogP contribution >= 0.6 is 11.6 Å². The van der Waals surface area contributed by atoms with Gasteiger partial charge in [-0.2, -0.15) is 0 Å². The number of rotatable bonds is 5. The Morgan fingerprint density at radius 3 is 2.53 bits per heavy atom. The summed E-state index contributed by atoms with van der Waals surface area (Å²) in [6, 6.07) is 23.1. The molecule has 0 radical (unpaired) electrons. The van der Waals surface area contributed by atoms with E-state index in [1.165, 1.54) is 22.3 Å². The highest BCUT2D eigenvalue weighted by Crippen LogP contribution is 2.35. The van der Waals surface area contributed by atoms with Crippen LogP contribution in [0.2, 0.25) is 5.02 Å². The molecule has 3 aromatic carbocycles. The van der Waals surface area contributed by atoms with Gasteiger partial charge in [0.05, 0.1) is 5.02 Å². The third-order valence-electron chi connectivity index (χ3n) is 6.12. The van der Waals surface area contributed by atoms with Gasteiger partial charge in [-0.15, -0.1) is 0 Å². The molecule has 1 heterocycles. The van der Waals surface area contributed by atoms with E-state index in [1.807, 2.05) is 18.2 Å². The largest absolute Gasteiger partial charge is 0.506 e. The first-order valence-electron chi connectivity index (χ1n) is 10.6. The lowest BCUT2D eigenvalue weighted by molar-refractivity contribution is 0.401. The summed E-state index contributed by atoms with van der Waals surface area (Å²) < 4.78 is 0. The Morgan fingerprint density at radius 1 is 1.07 bits per heavy atom. The van der Waals surface area contributed by atoms with Crippen molar-refractivity contribution in [3.05, 3.63) is 99.6 Å². The molecule has 0 aromatic heterocycles. The molecule has 3 N–H and O–H groups in total. The standard InChI is InChI=1S/C26H29ClN2O/c1-26(2,21-6-4-3-5-7-21)29-16-18-8-10-19(11-9-18)23-17-28-13-12-20-14-24(27)25(30)15-22(20)23/h3-11,14-15,23,28-30H,12-13,16-17H2,1-2H3/t23-/m1/s1. The first kappa shape index (κ1) is 20.9. The van der Waals surface area contributed by atoms with Crippen LogP contribution in [0.3, 0.4) is 0 Å². The van der Waals surface area contributed by atoms with E-state index < -0.39 is 0 Å². The highest BCUT2D eigenvalue weighted by atomic mass is 35.5. The molecule has 1 aliphatic rings. The maximum absolute atomic E-state index is 10.2. The lowest BCUT2D eigenvalue weighted by Crippen LogP contribution is -2.35. The van der Waals surface area contributed by atoms with Gasteiger partial charge in [0.15, 0.2) is 0 Å². The lowest BCUT2D eigenvalue weighted by atomic mass is 9.87. The number of aromatic hydroxyl groups is 1.